The number of rotatable bonds is 5. The Kier molecular flexibility index (Phi) is 6.33. The molecular formula is C21H25ClN2O2. The Hall–Kier alpha value is -1.85. The normalized spacial score (nSPS) is 17.1. The summed E-state index contributed by atoms with van der Waals surface area (Å²) < 4.78 is 6.22. The van der Waals surface area contributed by atoms with Crippen molar-refractivity contribution < 1.29 is 9.52 Å². The van der Waals surface area contributed by atoms with Crippen molar-refractivity contribution in [1.29, 1.82) is 0 Å². The number of aliphatic hydroxyl groups excluding tert-OH is 1. The Balaban J connectivity index is 0.00000196. The molecule has 3 aromatic rings. The number of hydrogen-bond donors (Lipinski definition) is 1. The van der Waals surface area contributed by atoms with Gasteiger partial charge in [-0.25, -0.2) is 0 Å². The lowest BCUT2D eigenvalue weighted by atomic mass is 10.0. The molecule has 1 N–H and O–H groups in total. The lowest BCUT2D eigenvalue weighted by Gasteiger charge is -2.38. The van der Waals surface area contributed by atoms with Crippen LogP contribution in [0.15, 0.2) is 65.1 Å². The van der Waals surface area contributed by atoms with Crippen molar-refractivity contribution >= 4 is 23.4 Å². The highest BCUT2D eigenvalue weighted by molar-refractivity contribution is 5.85. The molecule has 4 rings (SSSR count). The third kappa shape index (κ3) is 3.94. The summed E-state index contributed by atoms with van der Waals surface area (Å²) in [6.07, 6.45) is 0. The summed E-state index contributed by atoms with van der Waals surface area (Å²) in [5.41, 5.74) is 2.20. The molecule has 0 aliphatic carbocycles. The molecular weight excluding hydrogens is 348 g/mol. The minimum absolute atomic E-state index is 0. The topological polar surface area (TPSA) is 39.9 Å². The molecule has 1 aliphatic heterocycles. The molecule has 1 aliphatic rings. The Labute approximate surface area is 160 Å². The van der Waals surface area contributed by atoms with Crippen molar-refractivity contribution in [3.63, 3.8) is 0 Å². The molecule has 2 aromatic carbocycles. The van der Waals surface area contributed by atoms with Crippen molar-refractivity contribution in [3.8, 4) is 0 Å². The molecule has 1 unspecified atom stereocenters. The maximum Gasteiger partial charge on any atom is 0.134 e. The van der Waals surface area contributed by atoms with Crippen molar-refractivity contribution in [1.82, 2.24) is 9.80 Å². The highest BCUT2D eigenvalue weighted by Crippen LogP contribution is 2.33. The van der Waals surface area contributed by atoms with Crippen LogP contribution in [0.3, 0.4) is 0 Å². The standard InChI is InChI=1S/C21H24N2O2.ClH/c24-15-14-22-10-12-23(13-11-22)21(17-6-2-1-3-7-17)20-16-18-8-4-5-9-19(18)25-20;/h1-9,16,21,24H,10-15H2;1H. The molecule has 1 fully saturated rings. The lowest BCUT2D eigenvalue weighted by Crippen LogP contribution is -2.48. The largest absolute Gasteiger partial charge is 0.459 e. The van der Waals surface area contributed by atoms with E-state index < -0.39 is 0 Å². The molecule has 0 spiro atoms. The zero-order valence-electron chi connectivity index (χ0n) is 14.8. The van der Waals surface area contributed by atoms with Gasteiger partial charge in [-0.05, 0) is 17.7 Å². The molecule has 1 saturated heterocycles. The van der Waals surface area contributed by atoms with E-state index in [1.807, 2.05) is 18.2 Å². The Morgan fingerprint density at radius 1 is 0.923 bits per heavy atom. The molecule has 4 nitrogen and oxygen atoms in total. The van der Waals surface area contributed by atoms with Gasteiger partial charge in [0.05, 0.1) is 12.6 Å². The SMILES string of the molecule is Cl.OCCN1CCN(C(c2ccccc2)c2cc3ccccc3o2)CC1. The second kappa shape index (κ2) is 8.69. The minimum atomic E-state index is 0. The highest BCUT2D eigenvalue weighted by Gasteiger charge is 2.28. The van der Waals surface area contributed by atoms with Crippen molar-refractivity contribution in [2.24, 2.45) is 0 Å². The van der Waals surface area contributed by atoms with Gasteiger partial charge < -0.3 is 9.52 Å². The Morgan fingerprint density at radius 3 is 2.31 bits per heavy atom. The summed E-state index contributed by atoms with van der Waals surface area (Å²) in [4.78, 5) is 4.80. The van der Waals surface area contributed by atoms with E-state index in [9.17, 15) is 0 Å². The second-order valence-electron chi connectivity index (χ2n) is 6.60. The fourth-order valence-electron chi connectivity index (χ4n) is 3.71. The summed E-state index contributed by atoms with van der Waals surface area (Å²) in [5.74, 6) is 1.00. The Morgan fingerprint density at radius 2 is 1.62 bits per heavy atom. The smallest absolute Gasteiger partial charge is 0.134 e. The number of piperazine rings is 1. The molecule has 0 saturated carbocycles. The summed E-state index contributed by atoms with van der Waals surface area (Å²) in [5, 5.41) is 10.3. The number of β-amino-alcohol motifs (C(OH)–C–C–N with tert-alkyl or cyclic N) is 1. The second-order valence-corrected chi connectivity index (χ2v) is 6.60. The van der Waals surface area contributed by atoms with E-state index in [1.54, 1.807) is 0 Å². The van der Waals surface area contributed by atoms with E-state index in [2.05, 4.69) is 52.3 Å². The van der Waals surface area contributed by atoms with Gasteiger partial charge in [-0.1, -0.05) is 48.5 Å². The third-order valence-electron chi connectivity index (χ3n) is 5.02. The number of furan rings is 1. The van der Waals surface area contributed by atoms with E-state index in [4.69, 9.17) is 9.52 Å². The van der Waals surface area contributed by atoms with Crippen molar-refractivity contribution in [2.75, 3.05) is 39.3 Å². The average Bonchev–Trinajstić information content (AvgIpc) is 3.08. The van der Waals surface area contributed by atoms with Crippen LogP contribution in [-0.2, 0) is 0 Å². The maximum absolute atomic E-state index is 9.16. The Bertz CT molecular complexity index is 780. The number of halogens is 1. The molecule has 0 radical (unpaired) electrons. The number of benzene rings is 2. The first kappa shape index (κ1) is 18.9. The van der Waals surface area contributed by atoms with Gasteiger partial charge in [0.25, 0.3) is 0 Å². The fraction of sp³-hybridized carbons (Fsp3) is 0.333. The molecule has 5 heteroatoms. The monoisotopic (exact) mass is 372 g/mol. The van der Waals surface area contributed by atoms with E-state index in [0.29, 0.717) is 0 Å². The van der Waals surface area contributed by atoms with Gasteiger partial charge in [0.1, 0.15) is 11.3 Å². The van der Waals surface area contributed by atoms with Gasteiger partial charge >= 0.3 is 0 Å². The fourth-order valence-corrected chi connectivity index (χ4v) is 3.71. The van der Waals surface area contributed by atoms with Crippen LogP contribution < -0.4 is 0 Å². The molecule has 2 heterocycles. The van der Waals surface area contributed by atoms with Gasteiger partial charge in [-0.15, -0.1) is 12.4 Å². The van der Waals surface area contributed by atoms with Crippen molar-refractivity contribution in [2.45, 2.75) is 6.04 Å². The molecule has 26 heavy (non-hydrogen) atoms. The zero-order valence-corrected chi connectivity index (χ0v) is 15.6. The summed E-state index contributed by atoms with van der Waals surface area (Å²) in [6, 6.07) is 21.1. The van der Waals surface area contributed by atoms with E-state index in [-0.39, 0.29) is 25.1 Å². The van der Waals surface area contributed by atoms with Crippen LogP contribution in [0.25, 0.3) is 11.0 Å². The first-order valence-electron chi connectivity index (χ1n) is 8.96. The summed E-state index contributed by atoms with van der Waals surface area (Å²) in [7, 11) is 0. The highest BCUT2D eigenvalue weighted by atomic mass is 35.5. The number of para-hydroxylation sites is 1. The van der Waals surface area contributed by atoms with Crippen LogP contribution >= 0.6 is 12.4 Å². The summed E-state index contributed by atoms with van der Waals surface area (Å²) in [6.45, 7) is 4.88. The number of fused-ring (bicyclic) bond motifs is 1. The third-order valence-corrected chi connectivity index (χ3v) is 5.02. The van der Waals surface area contributed by atoms with Gasteiger partial charge in [0.2, 0.25) is 0 Å². The summed E-state index contributed by atoms with van der Waals surface area (Å²) >= 11 is 0. The van der Waals surface area contributed by atoms with Crippen LogP contribution in [0.4, 0.5) is 0 Å². The molecule has 0 bridgehead atoms. The molecule has 1 atom stereocenters. The van der Waals surface area contributed by atoms with Crippen LogP contribution in [0, 0.1) is 0 Å². The number of aliphatic hydroxyl groups is 1. The predicted octanol–water partition coefficient (Wildman–Crippen LogP) is 3.55. The molecule has 1 aromatic heterocycles. The van der Waals surface area contributed by atoms with E-state index in [0.717, 1.165) is 49.5 Å². The number of hydrogen-bond acceptors (Lipinski definition) is 4. The maximum atomic E-state index is 9.16. The zero-order chi connectivity index (χ0) is 17.1. The van der Waals surface area contributed by atoms with E-state index >= 15 is 0 Å². The predicted molar refractivity (Wildman–Crippen MR) is 107 cm³/mol. The van der Waals surface area contributed by atoms with Gasteiger partial charge in [0.15, 0.2) is 0 Å². The van der Waals surface area contributed by atoms with Gasteiger partial charge in [-0.3, -0.25) is 9.80 Å². The van der Waals surface area contributed by atoms with Crippen LogP contribution in [-0.4, -0.2) is 54.2 Å². The molecule has 138 valence electrons. The first-order chi connectivity index (χ1) is 12.3. The van der Waals surface area contributed by atoms with E-state index in [1.165, 1.54) is 5.56 Å². The van der Waals surface area contributed by atoms with Gasteiger partial charge in [-0.2, -0.15) is 0 Å². The minimum Gasteiger partial charge on any atom is -0.459 e. The van der Waals surface area contributed by atoms with Gasteiger partial charge in [0, 0.05) is 38.1 Å². The van der Waals surface area contributed by atoms with Crippen molar-refractivity contribution in [3.05, 3.63) is 72.0 Å². The lowest BCUT2D eigenvalue weighted by molar-refractivity contribution is 0.0887. The molecule has 0 amide bonds. The van der Waals surface area contributed by atoms with Crippen LogP contribution in [0.5, 0.6) is 0 Å². The van der Waals surface area contributed by atoms with Crippen LogP contribution in [0.1, 0.15) is 17.4 Å². The average molecular weight is 373 g/mol. The number of nitrogens with zero attached hydrogens (tertiary/aromatic N) is 2. The van der Waals surface area contributed by atoms with Crippen LogP contribution in [0.2, 0.25) is 0 Å². The quantitative estimate of drug-likeness (QED) is 0.743. The first-order valence-corrected chi connectivity index (χ1v) is 8.96.